The van der Waals surface area contributed by atoms with Gasteiger partial charge in [-0.25, -0.2) is 8.78 Å². The zero-order chi connectivity index (χ0) is 21.4. The minimum Gasteiger partial charge on any atom is -0.246 e. The molecule has 0 nitrogen and oxygen atoms in total. The number of rotatable bonds is 18. The maximum Gasteiger partial charge on any atom is 0.115 e. The molecule has 0 heterocycles. The van der Waals surface area contributed by atoms with E-state index in [4.69, 9.17) is 0 Å². The molecule has 0 aliphatic carbocycles. The highest BCUT2D eigenvalue weighted by Crippen LogP contribution is 2.31. The van der Waals surface area contributed by atoms with Crippen molar-refractivity contribution in [3.63, 3.8) is 0 Å². The summed E-state index contributed by atoms with van der Waals surface area (Å²) in [7, 11) is -1.84. The van der Waals surface area contributed by atoms with E-state index < -0.39 is 21.4 Å². The average Bonchev–Trinajstić information content (AvgIpc) is 2.76. The van der Waals surface area contributed by atoms with Crippen LogP contribution in [0.1, 0.15) is 109 Å². The van der Waals surface area contributed by atoms with Crippen molar-refractivity contribution >= 4 is 13.3 Å². The Bertz CT molecular complexity index is 498. The van der Waals surface area contributed by atoms with E-state index in [1.54, 1.807) is 6.07 Å². The van der Waals surface area contributed by atoms with E-state index in [0.717, 1.165) is 11.1 Å². The Morgan fingerprint density at radius 1 is 0.621 bits per heavy atom. The van der Waals surface area contributed by atoms with Gasteiger partial charge in [0.1, 0.15) is 13.3 Å². The predicted molar refractivity (Wildman–Crippen MR) is 128 cm³/mol. The highest BCUT2D eigenvalue weighted by Gasteiger charge is 2.35. The van der Waals surface area contributed by atoms with Gasteiger partial charge in [-0.15, -0.1) is 0 Å². The number of hydrogen-bond acceptors (Lipinski definition) is 0. The van der Waals surface area contributed by atoms with Gasteiger partial charge in [0.25, 0.3) is 0 Å². The summed E-state index contributed by atoms with van der Waals surface area (Å²) in [5.41, 5.74) is 1.60. The maximum absolute atomic E-state index is 14.0. The molecule has 0 N–H and O–H groups in total. The first-order chi connectivity index (χ1) is 14.2. The molecule has 0 atom stereocenters. The van der Waals surface area contributed by atoms with Gasteiger partial charge in [-0.2, -0.15) is 0 Å². The number of halogens is 2. The molecule has 3 heteroatoms. The molecule has 1 aromatic rings. The quantitative estimate of drug-likeness (QED) is 0.163. The van der Waals surface area contributed by atoms with Gasteiger partial charge in [-0.05, 0) is 11.1 Å². The molecular formula is C26H46F2Si. The number of unbranched alkanes of at least 4 members (excludes halogenated alkanes) is 9. The molecule has 0 unspecified atom stereocenters. The highest BCUT2D eigenvalue weighted by atomic mass is 28.3. The summed E-state index contributed by atoms with van der Waals surface area (Å²) >= 11 is 0. The lowest BCUT2D eigenvalue weighted by atomic mass is 10.1. The monoisotopic (exact) mass is 424 g/mol. The fourth-order valence-corrected chi connectivity index (χ4v) is 10.4. The fraction of sp³-hybridized carbons (Fsp3) is 0.769. The van der Waals surface area contributed by atoms with Crippen molar-refractivity contribution in [2.75, 3.05) is 0 Å². The second-order valence-corrected chi connectivity index (χ2v) is 13.6. The van der Waals surface area contributed by atoms with E-state index in [9.17, 15) is 8.78 Å². The van der Waals surface area contributed by atoms with E-state index in [-0.39, 0.29) is 0 Å². The zero-order valence-electron chi connectivity index (χ0n) is 19.5. The van der Waals surface area contributed by atoms with Crippen LogP contribution in [-0.4, -0.2) is 8.07 Å². The Labute approximate surface area is 180 Å². The first-order valence-electron chi connectivity index (χ1n) is 12.4. The lowest BCUT2D eigenvalue weighted by molar-refractivity contribution is 0.480. The summed E-state index contributed by atoms with van der Waals surface area (Å²) in [6.45, 7) is 5.92. The molecule has 29 heavy (non-hydrogen) atoms. The first kappa shape index (κ1) is 26.3. The number of benzene rings is 1. The molecule has 0 radical (unpaired) electrons. The predicted octanol–water partition coefficient (Wildman–Crippen LogP) is 9.02. The third-order valence-corrected chi connectivity index (χ3v) is 12.1. The topological polar surface area (TPSA) is 0 Å². The van der Waals surface area contributed by atoms with Crippen LogP contribution in [-0.2, 0) is 13.3 Å². The first-order valence-corrected chi connectivity index (χ1v) is 15.0. The Hall–Kier alpha value is -0.703. The second kappa shape index (κ2) is 16.0. The summed E-state index contributed by atoms with van der Waals surface area (Å²) in [6.07, 6.45) is 15.2. The van der Waals surface area contributed by atoms with Crippen molar-refractivity contribution < 1.29 is 8.78 Å². The summed E-state index contributed by atoms with van der Waals surface area (Å²) in [5.74, 6) is 0. The molecule has 0 spiro atoms. The standard InChI is InChI=1S/C26H46F2Si/c1-4-7-10-13-18-29(19-14-11-8-5-2,20-15-12-9-6-3)26-21-24(22-27)16-17-25(26)23-28/h16-17,21H,4-15,18-20,22-23H2,1-3H3. The molecule has 0 fully saturated rings. The summed E-state index contributed by atoms with van der Waals surface area (Å²) in [6, 6.07) is 9.52. The SMILES string of the molecule is CCCCCC[Si](CCCCCC)(CCCCCC)c1cc(CF)ccc1CF. The van der Waals surface area contributed by atoms with Crippen LogP contribution in [0, 0.1) is 0 Å². The van der Waals surface area contributed by atoms with Crippen LogP contribution >= 0.6 is 0 Å². The molecule has 0 amide bonds. The van der Waals surface area contributed by atoms with Gasteiger partial charge in [0.05, 0.1) is 8.07 Å². The third kappa shape index (κ3) is 9.32. The molecule has 0 bridgehead atoms. The lowest BCUT2D eigenvalue weighted by Gasteiger charge is -2.35. The minimum absolute atomic E-state index is 0.407. The molecular weight excluding hydrogens is 378 g/mol. The maximum atomic E-state index is 14.0. The van der Waals surface area contributed by atoms with Gasteiger partial charge in [0, 0.05) is 0 Å². The van der Waals surface area contributed by atoms with Crippen molar-refractivity contribution in [3.05, 3.63) is 29.3 Å². The van der Waals surface area contributed by atoms with Gasteiger partial charge >= 0.3 is 0 Å². The molecule has 1 aromatic carbocycles. The third-order valence-electron chi connectivity index (χ3n) is 6.57. The minimum atomic E-state index is -1.84. The van der Waals surface area contributed by atoms with E-state index in [0.29, 0.717) is 0 Å². The van der Waals surface area contributed by atoms with Gasteiger partial charge < -0.3 is 0 Å². The fourth-order valence-electron chi connectivity index (χ4n) is 4.77. The van der Waals surface area contributed by atoms with E-state index in [1.807, 2.05) is 6.07 Å². The Morgan fingerprint density at radius 2 is 1.10 bits per heavy atom. The van der Waals surface area contributed by atoms with Crippen molar-refractivity contribution in [1.29, 1.82) is 0 Å². The smallest absolute Gasteiger partial charge is 0.115 e. The van der Waals surface area contributed by atoms with Gasteiger partial charge in [-0.1, -0.05) is 139 Å². The normalized spacial score (nSPS) is 11.9. The Kier molecular flexibility index (Phi) is 14.6. The molecule has 0 aliphatic heterocycles. The van der Waals surface area contributed by atoms with Crippen LogP contribution in [0.4, 0.5) is 8.78 Å². The molecule has 0 aliphatic rings. The molecule has 168 valence electrons. The molecule has 1 rings (SSSR count). The van der Waals surface area contributed by atoms with Gasteiger partial charge in [0.2, 0.25) is 0 Å². The second-order valence-electron chi connectivity index (χ2n) is 8.97. The zero-order valence-corrected chi connectivity index (χ0v) is 20.5. The van der Waals surface area contributed by atoms with Crippen LogP contribution in [0.2, 0.25) is 18.1 Å². The highest BCUT2D eigenvalue weighted by molar-refractivity contribution is 6.92. The van der Waals surface area contributed by atoms with Crippen molar-refractivity contribution in [2.45, 2.75) is 129 Å². The summed E-state index contributed by atoms with van der Waals surface area (Å²) < 4.78 is 27.5. The average molecular weight is 425 g/mol. The van der Waals surface area contributed by atoms with Crippen molar-refractivity contribution in [1.82, 2.24) is 0 Å². The summed E-state index contributed by atoms with van der Waals surface area (Å²) in [5, 5.41) is 1.26. The number of alkyl halides is 2. The van der Waals surface area contributed by atoms with E-state index in [2.05, 4.69) is 26.8 Å². The van der Waals surface area contributed by atoms with E-state index >= 15 is 0 Å². The van der Waals surface area contributed by atoms with Crippen LogP contribution < -0.4 is 5.19 Å². The van der Waals surface area contributed by atoms with Crippen molar-refractivity contribution in [2.24, 2.45) is 0 Å². The van der Waals surface area contributed by atoms with Gasteiger partial charge in [0.15, 0.2) is 0 Å². The van der Waals surface area contributed by atoms with Crippen molar-refractivity contribution in [3.8, 4) is 0 Å². The Morgan fingerprint density at radius 3 is 1.48 bits per heavy atom. The number of hydrogen-bond donors (Lipinski definition) is 0. The Balaban J connectivity index is 3.19. The van der Waals surface area contributed by atoms with Gasteiger partial charge in [-0.3, -0.25) is 0 Å². The lowest BCUT2D eigenvalue weighted by Crippen LogP contribution is -2.49. The largest absolute Gasteiger partial charge is 0.246 e. The molecule has 0 saturated carbocycles. The van der Waals surface area contributed by atoms with Crippen LogP contribution in [0.15, 0.2) is 18.2 Å². The molecule has 0 saturated heterocycles. The summed E-state index contributed by atoms with van der Waals surface area (Å²) in [4.78, 5) is 0. The van der Waals surface area contributed by atoms with Crippen LogP contribution in [0.25, 0.3) is 0 Å². The van der Waals surface area contributed by atoms with Crippen LogP contribution in [0.3, 0.4) is 0 Å². The molecule has 0 aromatic heterocycles. The van der Waals surface area contributed by atoms with E-state index in [1.165, 1.54) is 100 Å². The van der Waals surface area contributed by atoms with Crippen LogP contribution in [0.5, 0.6) is 0 Å².